The molecule has 1 aromatic carbocycles. The van der Waals surface area contributed by atoms with Crippen LogP contribution < -0.4 is 10.5 Å². The molecule has 1 unspecified atom stereocenters. The van der Waals surface area contributed by atoms with E-state index >= 15 is 0 Å². The summed E-state index contributed by atoms with van der Waals surface area (Å²) in [6, 6.07) is 4.82. The van der Waals surface area contributed by atoms with Gasteiger partial charge in [-0.15, -0.1) is 0 Å². The molecule has 1 atom stereocenters. The van der Waals surface area contributed by atoms with Crippen molar-refractivity contribution in [1.82, 2.24) is 5.32 Å². The first-order valence-electron chi connectivity index (χ1n) is 6.06. The first-order valence-corrected chi connectivity index (χ1v) is 8.40. The first kappa shape index (κ1) is 14.9. The van der Waals surface area contributed by atoms with Crippen LogP contribution in [0.2, 0.25) is 0 Å². The van der Waals surface area contributed by atoms with Crippen molar-refractivity contribution in [2.45, 2.75) is 17.9 Å². The van der Waals surface area contributed by atoms with E-state index in [1.807, 2.05) is 0 Å². The Morgan fingerprint density at radius 2 is 2.26 bits per heavy atom. The third kappa shape index (κ3) is 4.25. The average Bonchev–Trinajstić information content (AvgIpc) is 2.83. The number of rotatable bonds is 5. The maximum atomic E-state index is 11.2. The van der Waals surface area contributed by atoms with Crippen molar-refractivity contribution in [3.8, 4) is 0 Å². The van der Waals surface area contributed by atoms with E-state index in [1.165, 1.54) is 12.1 Å². The van der Waals surface area contributed by atoms with Gasteiger partial charge in [0.1, 0.15) is 0 Å². The van der Waals surface area contributed by atoms with E-state index in [2.05, 4.69) is 21.2 Å². The molecule has 1 heterocycles. The number of hydrogen-bond acceptors (Lipinski definition) is 4. The molecule has 0 amide bonds. The lowest BCUT2D eigenvalue weighted by Crippen LogP contribution is -2.22. The molecule has 106 valence electrons. The molecule has 1 saturated heterocycles. The van der Waals surface area contributed by atoms with Crippen molar-refractivity contribution >= 4 is 26.0 Å². The molecule has 2 rings (SSSR count). The van der Waals surface area contributed by atoms with Crippen molar-refractivity contribution < 1.29 is 13.2 Å². The quantitative estimate of drug-likeness (QED) is 0.838. The van der Waals surface area contributed by atoms with E-state index < -0.39 is 10.0 Å². The highest BCUT2D eigenvalue weighted by molar-refractivity contribution is 9.10. The van der Waals surface area contributed by atoms with Crippen LogP contribution in [-0.2, 0) is 21.3 Å². The van der Waals surface area contributed by atoms with E-state index in [9.17, 15) is 8.42 Å². The Morgan fingerprint density at radius 3 is 2.84 bits per heavy atom. The molecule has 1 aromatic rings. The van der Waals surface area contributed by atoms with Crippen LogP contribution >= 0.6 is 15.9 Å². The molecular weight excluding hydrogens is 332 g/mol. The zero-order valence-corrected chi connectivity index (χ0v) is 12.8. The second-order valence-corrected chi connectivity index (χ2v) is 7.07. The second-order valence-electron chi connectivity index (χ2n) is 4.66. The number of nitrogens with one attached hydrogen (secondary N) is 1. The standard InChI is InChI=1S/C12H17BrN2O3S/c13-12-5-11(19(14,16)17)2-1-10(12)7-15-6-9-3-4-18-8-9/h1-2,5,9,15H,3-4,6-8H2,(H2,14,16,17). The van der Waals surface area contributed by atoms with Gasteiger partial charge in [0.05, 0.1) is 11.5 Å². The smallest absolute Gasteiger partial charge is 0.238 e. The van der Waals surface area contributed by atoms with Crippen LogP contribution in [0.25, 0.3) is 0 Å². The summed E-state index contributed by atoms with van der Waals surface area (Å²) in [4.78, 5) is 0.118. The molecule has 19 heavy (non-hydrogen) atoms. The maximum absolute atomic E-state index is 11.2. The normalized spacial score (nSPS) is 19.8. The molecule has 5 nitrogen and oxygen atoms in total. The van der Waals surface area contributed by atoms with E-state index in [0.29, 0.717) is 12.5 Å². The molecule has 0 aliphatic carbocycles. The second kappa shape index (κ2) is 6.32. The summed E-state index contributed by atoms with van der Waals surface area (Å²) in [5.41, 5.74) is 1.01. The Labute approximate surface area is 121 Å². The molecule has 3 N–H and O–H groups in total. The largest absolute Gasteiger partial charge is 0.381 e. The lowest BCUT2D eigenvalue weighted by molar-refractivity contribution is 0.185. The highest BCUT2D eigenvalue weighted by Gasteiger charge is 2.15. The molecule has 1 aliphatic rings. The predicted octanol–water partition coefficient (Wildman–Crippen LogP) is 1.22. The minimum Gasteiger partial charge on any atom is -0.381 e. The lowest BCUT2D eigenvalue weighted by atomic mass is 10.1. The minimum absolute atomic E-state index is 0.118. The summed E-state index contributed by atoms with van der Waals surface area (Å²) in [5.74, 6) is 0.572. The van der Waals surface area contributed by atoms with E-state index in [4.69, 9.17) is 9.88 Å². The van der Waals surface area contributed by atoms with Crippen molar-refractivity contribution in [2.24, 2.45) is 11.1 Å². The number of nitrogens with two attached hydrogens (primary N) is 1. The number of primary sulfonamides is 1. The Hall–Kier alpha value is -0.470. The van der Waals surface area contributed by atoms with Crippen LogP contribution in [0.4, 0.5) is 0 Å². The van der Waals surface area contributed by atoms with Crippen molar-refractivity contribution in [2.75, 3.05) is 19.8 Å². The van der Waals surface area contributed by atoms with Gasteiger partial charge in [0.25, 0.3) is 0 Å². The fraction of sp³-hybridized carbons (Fsp3) is 0.500. The Kier molecular flexibility index (Phi) is 4.97. The minimum atomic E-state index is -3.64. The monoisotopic (exact) mass is 348 g/mol. The van der Waals surface area contributed by atoms with Gasteiger partial charge in [0.15, 0.2) is 0 Å². The average molecular weight is 349 g/mol. The van der Waals surface area contributed by atoms with Gasteiger partial charge in [-0.25, -0.2) is 13.6 Å². The fourth-order valence-corrected chi connectivity index (χ4v) is 3.21. The van der Waals surface area contributed by atoms with Gasteiger partial charge in [-0.1, -0.05) is 22.0 Å². The zero-order chi connectivity index (χ0) is 13.9. The predicted molar refractivity (Wildman–Crippen MR) is 76.1 cm³/mol. The van der Waals surface area contributed by atoms with Crippen molar-refractivity contribution in [1.29, 1.82) is 0 Å². The topological polar surface area (TPSA) is 81.4 Å². The summed E-state index contributed by atoms with van der Waals surface area (Å²) in [6.07, 6.45) is 1.10. The Balaban J connectivity index is 1.93. The molecule has 0 saturated carbocycles. The summed E-state index contributed by atoms with van der Waals surface area (Å²) in [7, 11) is -3.64. The highest BCUT2D eigenvalue weighted by Crippen LogP contribution is 2.21. The van der Waals surface area contributed by atoms with Crippen molar-refractivity contribution in [3.05, 3.63) is 28.2 Å². The summed E-state index contributed by atoms with van der Waals surface area (Å²) < 4.78 is 28.5. The van der Waals surface area contributed by atoms with Gasteiger partial charge in [-0.2, -0.15) is 0 Å². The van der Waals surface area contributed by atoms with Gasteiger partial charge in [-0.05, 0) is 30.0 Å². The van der Waals surface area contributed by atoms with Gasteiger partial charge < -0.3 is 10.1 Å². The maximum Gasteiger partial charge on any atom is 0.238 e. The van der Waals surface area contributed by atoms with Gasteiger partial charge in [-0.3, -0.25) is 0 Å². The molecule has 0 spiro atoms. The molecule has 0 bridgehead atoms. The van der Waals surface area contributed by atoms with Crippen LogP contribution in [0.3, 0.4) is 0 Å². The van der Waals surface area contributed by atoms with Gasteiger partial charge in [0.2, 0.25) is 10.0 Å². The molecule has 1 aliphatic heterocycles. The number of sulfonamides is 1. The SMILES string of the molecule is NS(=O)(=O)c1ccc(CNCC2CCOC2)c(Br)c1. The van der Waals surface area contributed by atoms with E-state index in [1.54, 1.807) is 6.07 Å². The highest BCUT2D eigenvalue weighted by atomic mass is 79.9. The van der Waals surface area contributed by atoms with Crippen LogP contribution in [0.1, 0.15) is 12.0 Å². The molecule has 0 radical (unpaired) electrons. The summed E-state index contributed by atoms with van der Waals surface area (Å²) in [6.45, 7) is 3.25. The summed E-state index contributed by atoms with van der Waals surface area (Å²) in [5, 5.41) is 8.43. The summed E-state index contributed by atoms with van der Waals surface area (Å²) >= 11 is 3.37. The third-order valence-electron chi connectivity index (χ3n) is 3.13. The zero-order valence-electron chi connectivity index (χ0n) is 10.4. The van der Waals surface area contributed by atoms with E-state index in [0.717, 1.165) is 36.2 Å². The van der Waals surface area contributed by atoms with Crippen LogP contribution in [0, 0.1) is 5.92 Å². The van der Waals surface area contributed by atoms with Gasteiger partial charge in [0, 0.05) is 24.2 Å². The first-order chi connectivity index (χ1) is 8.97. The molecule has 7 heteroatoms. The van der Waals surface area contributed by atoms with Gasteiger partial charge >= 0.3 is 0 Å². The third-order valence-corrected chi connectivity index (χ3v) is 4.77. The number of ether oxygens (including phenoxy) is 1. The fourth-order valence-electron chi connectivity index (χ4n) is 2.00. The van der Waals surface area contributed by atoms with Crippen molar-refractivity contribution in [3.63, 3.8) is 0 Å². The lowest BCUT2D eigenvalue weighted by Gasteiger charge is -2.11. The Bertz CT molecular complexity index is 542. The van der Waals surface area contributed by atoms with E-state index in [-0.39, 0.29) is 4.90 Å². The number of benzene rings is 1. The van der Waals surface area contributed by atoms with Crippen LogP contribution in [-0.4, -0.2) is 28.2 Å². The Morgan fingerprint density at radius 1 is 1.47 bits per heavy atom. The molecule has 0 aromatic heterocycles. The number of halogens is 1. The molecule has 1 fully saturated rings. The number of hydrogen-bond donors (Lipinski definition) is 2. The molecular formula is C12H17BrN2O3S. The van der Waals surface area contributed by atoms with Crippen LogP contribution in [0.5, 0.6) is 0 Å². The van der Waals surface area contributed by atoms with Crippen LogP contribution in [0.15, 0.2) is 27.6 Å².